The molecule has 2 heterocycles. The largest absolute Gasteiger partial charge is 0.457 e. The van der Waals surface area contributed by atoms with E-state index in [9.17, 15) is 4.79 Å². The van der Waals surface area contributed by atoms with E-state index in [0.29, 0.717) is 6.54 Å². The standard InChI is InChI=1S/C28H31N3O2/c1-21-7-5-9-23(30-21)19-29-27(32)26-18-28(26)13-15-31(16-14-28)20-22-8-6-12-25(17-22)33-24-10-3-2-4-11-24/h2-12,17,26H,13-16,18-20H2,1H3,(H,29,32)/t26-/m1/s1. The number of nitrogens with zero attached hydrogens (tertiary/aromatic N) is 2. The highest BCUT2D eigenvalue weighted by Crippen LogP contribution is 2.59. The van der Waals surface area contributed by atoms with Crippen LogP contribution in [0.2, 0.25) is 0 Å². The number of ether oxygens (including phenoxy) is 1. The summed E-state index contributed by atoms with van der Waals surface area (Å²) in [7, 11) is 0. The molecule has 5 heteroatoms. The van der Waals surface area contributed by atoms with Gasteiger partial charge in [0.25, 0.3) is 0 Å². The van der Waals surface area contributed by atoms with E-state index >= 15 is 0 Å². The second-order valence-electron chi connectivity index (χ2n) is 9.45. The number of para-hydroxylation sites is 1. The van der Waals surface area contributed by atoms with Crippen molar-refractivity contribution >= 4 is 5.91 Å². The fourth-order valence-corrected chi connectivity index (χ4v) is 5.02. The van der Waals surface area contributed by atoms with Gasteiger partial charge in [-0.3, -0.25) is 14.7 Å². The molecule has 2 aromatic carbocycles. The quantitative estimate of drug-likeness (QED) is 0.554. The van der Waals surface area contributed by atoms with E-state index < -0.39 is 0 Å². The minimum atomic E-state index is 0.159. The number of aryl methyl sites for hydroxylation is 1. The van der Waals surface area contributed by atoms with Crippen molar-refractivity contribution in [2.24, 2.45) is 11.3 Å². The number of carbonyl (C=O) groups excluding carboxylic acids is 1. The maximum absolute atomic E-state index is 12.7. The molecule has 1 saturated carbocycles. The summed E-state index contributed by atoms with van der Waals surface area (Å²) in [5.41, 5.74) is 3.37. The first-order valence-corrected chi connectivity index (χ1v) is 11.8. The van der Waals surface area contributed by atoms with E-state index in [4.69, 9.17) is 4.74 Å². The van der Waals surface area contributed by atoms with Crippen LogP contribution in [0.15, 0.2) is 72.8 Å². The number of nitrogens with one attached hydrogen (secondary N) is 1. The molecule has 2 fully saturated rings. The SMILES string of the molecule is Cc1cccc(CNC(=O)[C@H]2CC23CCN(Cc2cccc(Oc4ccccc4)c2)CC3)n1. The van der Waals surface area contributed by atoms with Crippen molar-refractivity contribution in [3.63, 3.8) is 0 Å². The topological polar surface area (TPSA) is 54.5 Å². The Morgan fingerprint density at radius 2 is 1.79 bits per heavy atom. The Balaban J connectivity index is 1.10. The number of benzene rings is 2. The van der Waals surface area contributed by atoms with Crippen LogP contribution in [0.3, 0.4) is 0 Å². The second-order valence-corrected chi connectivity index (χ2v) is 9.45. The van der Waals surface area contributed by atoms with Crippen molar-refractivity contribution in [1.29, 1.82) is 0 Å². The van der Waals surface area contributed by atoms with Crippen LogP contribution in [0.5, 0.6) is 11.5 Å². The average molecular weight is 442 g/mol. The molecule has 1 atom stereocenters. The number of carbonyl (C=O) groups is 1. The van der Waals surface area contributed by atoms with Gasteiger partial charge in [-0.25, -0.2) is 0 Å². The summed E-state index contributed by atoms with van der Waals surface area (Å²) in [6.45, 7) is 5.47. The van der Waals surface area contributed by atoms with Crippen LogP contribution in [0.25, 0.3) is 0 Å². The van der Waals surface area contributed by atoms with E-state index in [1.165, 1.54) is 5.56 Å². The summed E-state index contributed by atoms with van der Waals surface area (Å²) in [5.74, 6) is 2.07. The lowest BCUT2D eigenvalue weighted by molar-refractivity contribution is -0.123. The molecule has 0 unspecified atom stereocenters. The van der Waals surface area contributed by atoms with Crippen molar-refractivity contribution in [1.82, 2.24) is 15.2 Å². The van der Waals surface area contributed by atoms with Crippen LogP contribution in [0.4, 0.5) is 0 Å². The van der Waals surface area contributed by atoms with E-state index in [2.05, 4.69) is 33.4 Å². The lowest BCUT2D eigenvalue weighted by Crippen LogP contribution is -2.36. The predicted molar refractivity (Wildman–Crippen MR) is 129 cm³/mol. The van der Waals surface area contributed by atoms with Crippen molar-refractivity contribution < 1.29 is 9.53 Å². The number of likely N-dealkylation sites (tertiary alicyclic amines) is 1. The Kier molecular flexibility index (Phi) is 6.14. The van der Waals surface area contributed by atoms with Gasteiger partial charge in [0.2, 0.25) is 5.91 Å². The third-order valence-electron chi connectivity index (χ3n) is 7.03. The molecule has 170 valence electrons. The van der Waals surface area contributed by atoms with Gasteiger partial charge in [0.1, 0.15) is 11.5 Å². The van der Waals surface area contributed by atoms with Gasteiger partial charge in [-0.05, 0) is 86.7 Å². The fourth-order valence-electron chi connectivity index (χ4n) is 5.02. The molecule has 1 aromatic heterocycles. The third kappa shape index (κ3) is 5.25. The van der Waals surface area contributed by atoms with Gasteiger partial charge >= 0.3 is 0 Å². The van der Waals surface area contributed by atoms with Gasteiger partial charge < -0.3 is 10.1 Å². The van der Waals surface area contributed by atoms with Crippen LogP contribution in [-0.2, 0) is 17.9 Å². The molecule has 1 aliphatic heterocycles. The van der Waals surface area contributed by atoms with Crippen LogP contribution in [0.1, 0.15) is 36.2 Å². The molecule has 1 aliphatic carbocycles. The molecular weight excluding hydrogens is 410 g/mol. The number of piperidine rings is 1. The number of pyridine rings is 1. The highest BCUT2D eigenvalue weighted by molar-refractivity contribution is 5.82. The Morgan fingerprint density at radius 3 is 2.58 bits per heavy atom. The molecule has 5 nitrogen and oxygen atoms in total. The summed E-state index contributed by atoms with van der Waals surface area (Å²) >= 11 is 0. The molecule has 1 amide bonds. The first-order chi connectivity index (χ1) is 16.1. The summed E-state index contributed by atoms with van der Waals surface area (Å²) < 4.78 is 5.99. The average Bonchev–Trinajstić information content (AvgIpc) is 3.54. The van der Waals surface area contributed by atoms with E-state index in [1.807, 2.05) is 61.5 Å². The highest BCUT2D eigenvalue weighted by Gasteiger charge is 2.58. The zero-order chi connectivity index (χ0) is 22.7. The number of amides is 1. The molecule has 1 spiro atoms. The van der Waals surface area contributed by atoms with Gasteiger partial charge in [0, 0.05) is 18.2 Å². The number of aromatic nitrogens is 1. The molecule has 2 aliphatic rings. The number of hydrogen-bond acceptors (Lipinski definition) is 4. The van der Waals surface area contributed by atoms with Crippen LogP contribution < -0.4 is 10.1 Å². The van der Waals surface area contributed by atoms with Crippen LogP contribution >= 0.6 is 0 Å². The summed E-state index contributed by atoms with van der Waals surface area (Å²) in [4.78, 5) is 19.7. The maximum Gasteiger partial charge on any atom is 0.224 e. The van der Waals surface area contributed by atoms with Crippen LogP contribution in [0, 0.1) is 18.3 Å². The van der Waals surface area contributed by atoms with Crippen molar-refractivity contribution in [2.75, 3.05) is 13.1 Å². The van der Waals surface area contributed by atoms with Gasteiger partial charge in [-0.15, -0.1) is 0 Å². The lowest BCUT2D eigenvalue weighted by atomic mass is 9.90. The minimum absolute atomic E-state index is 0.159. The zero-order valence-corrected chi connectivity index (χ0v) is 19.2. The molecule has 5 rings (SSSR count). The molecular formula is C28H31N3O2. The normalized spacial score (nSPS) is 19.2. The smallest absolute Gasteiger partial charge is 0.224 e. The molecule has 33 heavy (non-hydrogen) atoms. The Morgan fingerprint density at radius 1 is 1.03 bits per heavy atom. The zero-order valence-electron chi connectivity index (χ0n) is 19.2. The van der Waals surface area contributed by atoms with E-state index in [0.717, 1.165) is 61.8 Å². The molecule has 1 saturated heterocycles. The lowest BCUT2D eigenvalue weighted by Gasteiger charge is -2.32. The first kappa shape index (κ1) is 21.7. The van der Waals surface area contributed by atoms with Gasteiger partial charge in [0.05, 0.1) is 12.2 Å². The molecule has 0 radical (unpaired) electrons. The Labute approximate surface area is 195 Å². The minimum Gasteiger partial charge on any atom is -0.457 e. The highest BCUT2D eigenvalue weighted by atomic mass is 16.5. The Hall–Kier alpha value is -3.18. The summed E-state index contributed by atoms with van der Waals surface area (Å²) in [6.07, 6.45) is 3.20. The summed E-state index contributed by atoms with van der Waals surface area (Å²) in [5, 5.41) is 3.11. The maximum atomic E-state index is 12.7. The molecule has 3 aromatic rings. The van der Waals surface area contributed by atoms with Crippen molar-refractivity contribution in [3.8, 4) is 11.5 Å². The fraction of sp³-hybridized carbons (Fsp3) is 0.357. The third-order valence-corrected chi connectivity index (χ3v) is 7.03. The number of hydrogen-bond donors (Lipinski definition) is 1. The van der Waals surface area contributed by atoms with Gasteiger partial charge in [0.15, 0.2) is 0 Å². The van der Waals surface area contributed by atoms with Gasteiger partial charge in [-0.1, -0.05) is 36.4 Å². The second kappa shape index (κ2) is 9.36. The predicted octanol–water partition coefficient (Wildman–Crippen LogP) is 5.10. The van der Waals surface area contributed by atoms with Gasteiger partial charge in [-0.2, -0.15) is 0 Å². The van der Waals surface area contributed by atoms with E-state index in [1.54, 1.807) is 0 Å². The van der Waals surface area contributed by atoms with E-state index in [-0.39, 0.29) is 17.2 Å². The molecule has 1 N–H and O–H groups in total. The summed E-state index contributed by atoms with van der Waals surface area (Å²) in [6, 6.07) is 24.2. The van der Waals surface area contributed by atoms with Crippen LogP contribution in [-0.4, -0.2) is 28.9 Å². The Bertz CT molecular complexity index is 1110. The van der Waals surface area contributed by atoms with Crippen molar-refractivity contribution in [2.45, 2.75) is 39.3 Å². The number of rotatable bonds is 7. The molecule has 0 bridgehead atoms. The first-order valence-electron chi connectivity index (χ1n) is 11.8. The van der Waals surface area contributed by atoms with Crippen molar-refractivity contribution in [3.05, 3.63) is 89.7 Å². The monoisotopic (exact) mass is 441 g/mol.